The standard InChI is InChI=1S/C26H31N5O6S2/c1-26(2,3)18-10-12-21(13-11-18)38(34,35)31-23(16-24(32)33)17-6-4-8-20(14-17)30-39(36,37)22-9-5-7-19(15-22)29-25(27)28/h4-15,23,30-31H,16H2,1-3H3,(H,32,33)(H4,27,28,29). The van der Waals surface area contributed by atoms with Gasteiger partial charge >= 0.3 is 5.97 Å². The van der Waals surface area contributed by atoms with E-state index in [2.05, 4.69) is 14.4 Å². The molecule has 1 unspecified atom stereocenters. The molecule has 0 amide bonds. The lowest BCUT2D eigenvalue weighted by atomic mass is 9.87. The Bertz CT molecular complexity index is 1590. The molecule has 0 radical (unpaired) electrons. The number of nitrogens with two attached hydrogens (primary N) is 2. The van der Waals surface area contributed by atoms with Crippen molar-refractivity contribution in [1.82, 2.24) is 4.72 Å². The third kappa shape index (κ3) is 8.02. The molecule has 39 heavy (non-hydrogen) atoms. The first-order chi connectivity index (χ1) is 18.1. The predicted octanol–water partition coefficient (Wildman–Crippen LogP) is 3.18. The molecule has 0 aromatic heterocycles. The highest BCUT2D eigenvalue weighted by Crippen LogP contribution is 2.27. The summed E-state index contributed by atoms with van der Waals surface area (Å²) in [7, 11) is -8.19. The summed E-state index contributed by atoms with van der Waals surface area (Å²) in [5, 5.41) is 9.46. The maximum absolute atomic E-state index is 13.1. The highest BCUT2D eigenvalue weighted by atomic mass is 32.2. The van der Waals surface area contributed by atoms with Crippen molar-refractivity contribution in [2.75, 3.05) is 4.72 Å². The van der Waals surface area contributed by atoms with Crippen molar-refractivity contribution in [3.05, 3.63) is 83.9 Å². The number of carboxylic acids is 1. The number of carbonyl (C=O) groups is 1. The molecule has 0 heterocycles. The Labute approximate surface area is 228 Å². The number of hydrogen-bond acceptors (Lipinski definition) is 6. The fourth-order valence-electron chi connectivity index (χ4n) is 3.69. The van der Waals surface area contributed by atoms with Gasteiger partial charge in [0, 0.05) is 5.69 Å². The van der Waals surface area contributed by atoms with Crippen LogP contribution < -0.4 is 20.9 Å². The van der Waals surface area contributed by atoms with E-state index in [1.54, 1.807) is 12.1 Å². The van der Waals surface area contributed by atoms with Crippen molar-refractivity contribution in [1.29, 1.82) is 0 Å². The number of nitrogens with one attached hydrogen (secondary N) is 2. The molecule has 0 aliphatic carbocycles. The Morgan fingerprint density at radius 2 is 1.54 bits per heavy atom. The first-order valence-corrected chi connectivity index (χ1v) is 14.7. The molecule has 0 spiro atoms. The number of nitrogens with zero attached hydrogens (tertiary/aromatic N) is 1. The number of hydrogen-bond donors (Lipinski definition) is 5. The van der Waals surface area contributed by atoms with Crippen LogP contribution in [0.2, 0.25) is 0 Å². The molecular weight excluding hydrogens is 542 g/mol. The first kappa shape index (κ1) is 29.6. The summed E-state index contributed by atoms with van der Waals surface area (Å²) in [5.41, 5.74) is 12.1. The van der Waals surface area contributed by atoms with E-state index in [4.69, 9.17) is 11.5 Å². The van der Waals surface area contributed by atoms with Crippen LogP contribution >= 0.6 is 0 Å². The van der Waals surface area contributed by atoms with Gasteiger partial charge in [-0.15, -0.1) is 0 Å². The second kappa shape index (κ2) is 11.4. The van der Waals surface area contributed by atoms with Gasteiger partial charge in [-0.1, -0.05) is 51.1 Å². The van der Waals surface area contributed by atoms with Crippen LogP contribution in [0.4, 0.5) is 11.4 Å². The Kier molecular flexibility index (Phi) is 8.68. The summed E-state index contributed by atoms with van der Waals surface area (Å²) in [6.45, 7) is 6.00. The quantitative estimate of drug-likeness (QED) is 0.180. The van der Waals surface area contributed by atoms with E-state index in [1.165, 1.54) is 60.7 Å². The minimum absolute atomic E-state index is 0.0246. The van der Waals surface area contributed by atoms with Gasteiger partial charge in [0.2, 0.25) is 10.0 Å². The van der Waals surface area contributed by atoms with Crippen molar-refractivity contribution in [3.8, 4) is 0 Å². The first-order valence-electron chi connectivity index (χ1n) is 11.7. The molecule has 3 aromatic rings. The van der Waals surface area contributed by atoms with Crippen molar-refractivity contribution >= 4 is 43.4 Å². The zero-order valence-corrected chi connectivity index (χ0v) is 23.3. The van der Waals surface area contributed by atoms with Crippen molar-refractivity contribution in [2.24, 2.45) is 16.5 Å². The van der Waals surface area contributed by atoms with Crippen LogP contribution in [0.5, 0.6) is 0 Å². The maximum atomic E-state index is 13.1. The Morgan fingerprint density at radius 1 is 0.897 bits per heavy atom. The fraction of sp³-hybridized carbons (Fsp3) is 0.231. The SMILES string of the molecule is CC(C)(C)c1ccc(S(=O)(=O)NC(CC(=O)O)c2cccc(NS(=O)(=O)c3cccc(N=C(N)N)c3)c2)cc1. The van der Waals surface area contributed by atoms with Gasteiger partial charge in [-0.25, -0.2) is 26.6 Å². The van der Waals surface area contributed by atoms with Gasteiger partial charge in [-0.05, 0) is 59.0 Å². The second-order valence-corrected chi connectivity index (χ2v) is 13.2. The monoisotopic (exact) mass is 573 g/mol. The van der Waals surface area contributed by atoms with Crippen molar-refractivity contribution in [2.45, 2.75) is 48.4 Å². The molecule has 13 heteroatoms. The molecule has 1 atom stereocenters. The molecular formula is C26H31N5O6S2. The lowest BCUT2D eigenvalue weighted by Gasteiger charge is -2.21. The summed E-state index contributed by atoms with van der Waals surface area (Å²) in [5.74, 6) is -1.48. The van der Waals surface area contributed by atoms with Gasteiger partial charge in [-0.3, -0.25) is 9.52 Å². The van der Waals surface area contributed by atoms with Gasteiger partial charge in [0.05, 0.1) is 27.9 Å². The van der Waals surface area contributed by atoms with E-state index < -0.39 is 38.5 Å². The van der Waals surface area contributed by atoms with Crippen LogP contribution in [0.1, 0.15) is 44.4 Å². The molecule has 11 nitrogen and oxygen atoms in total. The third-order valence-corrected chi connectivity index (χ3v) is 8.50. The smallest absolute Gasteiger partial charge is 0.305 e. The van der Waals surface area contributed by atoms with Crippen LogP contribution in [0.3, 0.4) is 0 Å². The van der Waals surface area contributed by atoms with E-state index in [0.29, 0.717) is 0 Å². The summed E-state index contributed by atoms with van der Waals surface area (Å²) in [6.07, 6.45) is -0.573. The van der Waals surface area contributed by atoms with Gasteiger partial charge < -0.3 is 16.6 Å². The zero-order valence-electron chi connectivity index (χ0n) is 21.6. The van der Waals surface area contributed by atoms with Crippen LogP contribution in [0, 0.1) is 0 Å². The normalized spacial score (nSPS) is 12.9. The second-order valence-electron chi connectivity index (χ2n) is 9.81. The van der Waals surface area contributed by atoms with Crippen LogP contribution in [-0.2, 0) is 30.3 Å². The van der Waals surface area contributed by atoms with Crippen molar-refractivity contribution in [3.63, 3.8) is 0 Å². The number of aliphatic imine (C=N–C) groups is 1. The van der Waals surface area contributed by atoms with E-state index in [9.17, 15) is 26.7 Å². The number of anilines is 1. The minimum Gasteiger partial charge on any atom is -0.481 e. The summed E-state index contributed by atoms with van der Waals surface area (Å²) in [6, 6.07) is 16.6. The van der Waals surface area contributed by atoms with Gasteiger partial charge in [0.1, 0.15) is 0 Å². The third-order valence-electron chi connectivity index (χ3n) is 5.63. The number of sulfonamides is 2. The van der Waals surface area contributed by atoms with E-state index in [0.717, 1.165) is 5.56 Å². The van der Waals surface area contributed by atoms with Crippen LogP contribution in [0.25, 0.3) is 0 Å². The molecule has 0 aliphatic rings. The maximum Gasteiger partial charge on any atom is 0.305 e. The lowest BCUT2D eigenvalue weighted by molar-refractivity contribution is -0.137. The molecule has 0 fully saturated rings. The van der Waals surface area contributed by atoms with Crippen LogP contribution in [-0.4, -0.2) is 33.9 Å². The number of benzene rings is 3. The van der Waals surface area contributed by atoms with Gasteiger partial charge in [-0.2, -0.15) is 0 Å². The van der Waals surface area contributed by atoms with E-state index in [1.807, 2.05) is 20.8 Å². The highest BCUT2D eigenvalue weighted by Gasteiger charge is 2.25. The lowest BCUT2D eigenvalue weighted by Crippen LogP contribution is -2.30. The summed E-state index contributed by atoms with van der Waals surface area (Å²) >= 11 is 0. The minimum atomic E-state index is -4.11. The number of aliphatic carboxylic acids is 1. The highest BCUT2D eigenvalue weighted by molar-refractivity contribution is 7.92. The number of rotatable bonds is 10. The molecule has 0 aliphatic heterocycles. The van der Waals surface area contributed by atoms with Crippen LogP contribution in [0.15, 0.2) is 87.6 Å². The molecule has 0 saturated carbocycles. The molecule has 0 bridgehead atoms. The Balaban J connectivity index is 1.90. The molecule has 7 N–H and O–H groups in total. The molecule has 0 saturated heterocycles. The number of guanidine groups is 1. The van der Waals surface area contributed by atoms with Gasteiger partial charge in [0.25, 0.3) is 10.0 Å². The fourth-order valence-corrected chi connectivity index (χ4v) is 6.01. The Hall–Kier alpha value is -3.94. The zero-order chi connectivity index (χ0) is 29.0. The van der Waals surface area contributed by atoms with Crippen molar-refractivity contribution < 1.29 is 26.7 Å². The largest absolute Gasteiger partial charge is 0.481 e. The van der Waals surface area contributed by atoms with E-state index in [-0.39, 0.29) is 38.1 Å². The predicted molar refractivity (Wildman–Crippen MR) is 150 cm³/mol. The molecule has 3 rings (SSSR count). The molecule has 3 aromatic carbocycles. The summed E-state index contributed by atoms with van der Waals surface area (Å²) < 4.78 is 57.1. The summed E-state index contributed by atoms with van der Waals surface area (Å²) in [4.78, 5) is 15.3. The average molecular weight is 574 g/mol. The molecule has 208 valence electrons. The van der Waals surface area contributed by atoms with E-state index >= 15 is 0 Å². The van der Waals surface area contributed by atoms with Gasteiger partial charge in [0.15, 0.2) is 5.96 Å². The average Bonchev–Trinajstić information content (AvgIpc) is 2.82. The topological polar surface area (TPSA) is 194 Å². The Morgan fingerprint density at radius 3 is 2.13 bits per heavy atom. The number of carboxylic acid groups (broad SMARTS) is 1.